The first-order valence-electron chi connectivity index (χ1n) is 13.0. The maximum atomic E-state index is 11.9. The van der Waals surface area contributed by atoms with Gasteiger partial charge >= 0.3 is 6.03 Å². The zero-order chi connectivity index (χ0) is 27.7. The highest BCUT2D eigenvalue weighted by molar-refractivity contribution is 6.31. The first-order chi connectivity index (χ1) is 18.7. The maximum Gasteiger partial charge on any atom is 0.315 e. The summed E-state index contributed by atoms with van der Waals surface area (Å²) in [6, 6.07) is 12.1. The third-order valence-electron chi connectivity index (χ3n) is 7.52. The van der Waals surface area contributed by atoms with Crippen LogP contribution in [0.2, 0.25) is 5.02 Å². The van der Waals surface area contributed by atoms with Crippen molar-refractivity contribution in [2.75, 3.05) is 44.2 Å². The van der Waals surface area contributed by atoms with Crippen molar-refractivity contribution in [1.82, 2.24) is 19.6 Å². The standard InChI is InChI=1S/C27H32ClN7O4/c1-18-14-19(6-7-22(18)28)26-21-17-33(27(29)37)9-8-23(21)34(30-26)16-20(36)15-31-10-12-32(13-11-31)24-4-2-3-5-25(24)35(38)39/h2-7,14,20,36H,8-13,15-17H2,1H3,(H2,29,37). The number of rotatable bonds is 7. The van der Waals surface area contributed by atoms with E-state index in [9.17, 15) is 20.0 Å². The summed E-state index contributed by atoms with van der Waals surface area (Å²) in [7, 11) is 0. The summed E-state index contributed by atoms with van der Waals surface area (Å²) in [5, 5.41) is 28.0. The minimum absolute atomic E-state index is 0.107. The molecule has 11 nitrogen and oxygen atoms in total. The number of halogens is 1. The van der Waals surface area contributed by atoms with Crippen molar-refractivity contribution in [1.29, 1.82) is 0 Å². The van der Waals surface area contributed by atoms with Gasteiger partial charge in [0.2, 0.25) is 0 Å². The Hall–Kier alpha value is -3.67. The number of nitrogens with zero attached hydrogens (tertiary/aromatic N) is 6. The molecule has 3 heterocycles. The molecule has 0 saturated carbocycles. The van der Waals surface area contributed by atoms with Crippen molar-refractivity contribution in [3.8, 4) is 11.3 Å². The van der Waals surface area contributed by atoms with E-state index in [1.165, 1.54) is 6.07 Å². The third-order valence-corrected chi connectivity index (χ3v) is 7.95. The molecule has 12 heteroatoms. The van der Waals surface area contributed by atoms with Gasteiger partial charge in [-0.25, -0.2) is 4.79 Å². The Morgan fingerprint density at radius 1 is 1.15 bits per heavy atom. The highest BCUT2D eigenvalue weighted by atomic mass is 35.5. The predicted octanol–water partition coefficient (Wildman–Crippen LogP) is 3.04. The van der Waals surface area contributed by atoms with Crippen LogP contribution in [-0.2, 0) is 19.5 Å². The number of hydrogen-bond acceptors (Lipinski definition) is 7. The normalized spacial score (nSPS) is 16.7. The van der Waals surface area contributed by atoms with E-state index in [1.54, 1.807) is 17.0 Å². The molecule has 5 rings (SSSR count). The number of hydrogen-bond donors (Lipinski definition) is 2. The number of aliphatic hydroxyl groups is 1. The zero-order valence-corrected chi connectivity index (χ0v) is 22.5. The number of piperazine rings is 1. The zero-order valence-electron chi connectivity index (χ0n) is 21.8. The van der Waals surface area contributed by atoms with Crippen molar-refractivity contribution < 1.29 is 14.8 Å². The Bertz CT molecular complexity index is 1390. The van der Waals surface area contributed by atoms with E-state index >= 15 is 0 Å². The van der Waals surface area contributed by atoms with Crippen LogP contribution in [0.15, 0.2) is 42.5 Å². The fourth-order valence-electron chi connectivity index (χ4n) is 5.47. The molecule has 206 valence electrons. The van der Waals surface area contributed by atoms with Crippen LogP contribution in [0.25, 0.3) is 11.3 Å². The lowest BCUT2D eigenvalue weighted by Gasteiger charge is -2.36. The average molecular weight is 554 g/mol. The number of aryl methyl sites for hydroxylation is 1. The van der Waals surface area contributed by atoms with Gasteiger partial charge in [-0.3, -0.25) is 19.7 Å². The number of urea groups is 1. The van der Waals surface area contributed by atoms with Gasteiger partial charge in [-0.1, -0.05) is 29.8 Å². The molecular weight excluding hydrogens is 522 g/mol. The predicted molar refractivity (Wildman–Crippen MR) is 149 cm³/mol. The molecule has 1 atom stereocenters. The van der Waals surface area contributed by atoms with Crippen molar-refractivity contribution in [2.45, 2.75) is 32.5 Å². The first-order valence-corrected chi connectivity index (χ1v) is 13.4. The summed E-state index contributed by atoms with van der Waals surface area (Å²) in [5.41, 5.74) is 10.8. The lowest BCUT2D eigenvalue weighted by molar-refractivity contribution is -0.384. The van der Waals surface area contributed by atoms with Crippen molar-refractivity contribution in [3.63, 3.8) is 0 Å². The van der Waals surface area contributed by atoms with Crippen LogP contribution in [0.3, 0.4) is 0 Å². The van der Waals surface area contributed by atoms with Crippen LogP contribution in [0.1, 0.15) is 16.8 Å². The minimum atomic E-state index is -0.666. The van der Waals surface area contributed by atoms with Crippen LogP contribution in [0.4, 0.5) is 16.2 Å². The summed E-state index contributed by atoms with van der Waals surface area (Å²) in [6.45, 7) is 6.21. The molecule has 3 aromatic rings. The highest BCUT2D eigenvalue weighted by Gasteiger charge is 2.29. The Morgan fingerprint density at radius 2 is 1.90 bits per heavy atom. The second-order valence-corrected chi connectivity index (χ2v) is 10.5. The number of aromatic nitrogens is 2. The molecule has 1 saturated heterocycles. The fourth-order valence-corrected chi connectivity index (χ4v) is 5.58. The highest BCUT2D eigenvalue weighted by Crippen LogP contribution is 2.32. The summed E-state index contributed by atoms with van der Waals surface area (Å²) in [5.74, 6) is 0. The van der Waals surface area contributed by atoms with Crippen LogP contribution in [0, 0.1) is 17.0 Å². The summed E-state index contributed by atoms with van der Waals surface area (Å²) in [4.78, 5) is 28.8. The number of fused-ring (bicyclic) bond motifs is 1. The number of carbonyl (C=O) groups excluding carboxylic acids is 1. The second kappa shape index (κ2) is 11.2. The van der Waals surface area contributed by atoms with Crippen molar-refractivity contribution in [3.05, 3.63) is 74.4 Å². The van der Waals surface area contributed by atoms with E-state index in [2.05, 4.69) is 4.90 Å². The van der Waals surface area contributed by atoms with Gasteiger partial charge in [0.15, 0.2) is 0 Å². The first kappa shape index (κ1) is 26.9. The van der Waals surface area contributed by atoms with Gasteiger partial charge in [-0.15, -0.1) is 0 Å². The Morgan fingerprint density at radius 3 is 2.59 bits per heavy atom. The number of primary amides is 1. The molecule has 3 N–H and O–H groups in total. The number of aliphatic hydroxyl groups excluding tert-OH is 1. The molecule has 1 fully saturated rings. The van der Waals surface area contributed by atoms with Gasteiger partial charge < -0.3 is 20.6 Å². The molecule has 2 aliphatic heterocycles. The number of nitro groups is 1. The van der Waals surface area contributed by atoms with Gasteiger partial charge in [-0.2, -0.15) is 5.10 Å². The Balaban J connectivity index is 1.29. The van der Waals surface area contributed by atoms with E-state index in [1.807, 2.05) is 40.8 Å². The van der Waals surface area contributed by atoms with Crippen LogP contribution < -0.4 is 10.6 Å². The van der Waals surface area contributed by atoms with Gasteiger partial charge in [0, 0.05) is 73.6 Å². The van der Waals surface area contributed by atoms with Gasteiger partial charge in [-0.05, 0) is 30.7 Å². The lowest BCUT2D eigenvalue weighted by atomic mass is 10.00. The van der Waals surface area contributed by atoms with E-state index in [-0.39, 0.29) is 10.6 Å². The topological polar surface area (TPSA) is 134 Å². The van der Waals surface area contributed by atoms with E-state index < -0.39 is 12.1 Å². The monoisotopic (exact) mass is 553 g/mol. The third kappa shape index (κ3) is 5.70. The summed E-state index contributed by atoms with van der Waals surface area (Å²) >= 11 is 6.24. The number of nitro benzene ring substituents is 1. The molecule has 0 bridgehead atoms. The molecule has 0 spiro atoms. The molecule has 39 heavy (non-hydrogen) atoms. The number of benzene rings is 2. The van der Waals surface area contributed by atoms with Gasteiger partial charge in [0.1, 0.15) is 5.69 Å². The quantitative estimate of drug-likeness (QED) is 0.339. The van der Waals surface area contributed by atoms with E-state index in [0.717, 1.165) is 28.1 Å². The SMILES string of the molecule is Cc1cc(-c2nn(CC(O)CN3CCN(c4ccccc4[N+](=O)[O-])CC3)c3c2CN(C(N)=O)CC3)ccc1Cl. The number of amides is 2. The van der Waals surface area contributed by atoms with Crippen LogP contribution in [-0.4, -0.2) is 81.0 Å². The molecular formula is C27H32ClN7O4. The Labute approximate surface area is 231 Å². The van der Waals surface area contributed by atoms with E-state index in [4.69, 9.17) is 22.4 Å². The van der Waals surface area contributed by atoms with Crippen molar-refractivity contribution >= 4 is 29.0 Å². The lowest BCUT2D eigenvalue weighted by Crippen LogP contribution is -2.49. The molecule has 0 aliphatic carbocycles. The minimum Gasteiger partial charge on any atom is -0.390 e. The molecule has 2 aliphatic rings. The molecule has 2 aromatic carbocycles. The Kier molecular flexibility index (Phi) is 7.74. The maximum absolute atomic E-state index is 11.9. The number of anilines is 1. The summed E-state index contributed by atoms with van der Waals surface area (Å²) in [6.07, 6.45) is -0.0698. The molecule has 2 amide bonds. The summed E-state index contributed by atoms with van der Waals surface area (Å²) < 4.78 is 1.86. The fraction of sp³-hybridized carbons (Fsp3) is 0.407. The van der Waals surface area contributed by atoms with Crippen molar-refractivity contribution in [2.24, 2.45) is 5.73 Å². The average Bonchev–Trinajstić information content (AvgIpc) is 3.28. The van der Waals surface area contributed by atoms with Gasteiger partial charge in [0.05, 0.1) is 29.8 Å². The smallest absolute Gasteiger partial charge is 0.315 e. The number of nitrogens with two attached hydrogens (primary N) is 1. The number of para-hydroxylation sites is 2. The second-order valence-electron chi connectivity index (χ2n) is 10.1. The largest absolute Gasteiger partial charge is 0.390 e. The van der Waals surface area contributed by atoms with Crippen LogP contribution >= 0.6 is 11.6 Å². The molecule has 1 aromatic heterocycles. The molecule has 1 unspecified atom stereocenters. The van der Waals surface area contributed by atoms with Crippen LogP contribution in [0.5, 0.6) is 0 Å². The van der Waals surface area contributed by atoms with Gasteiger partial charge in [0.25, 0.3) is 5.69 Å². The number of carbonyl (C=O) groups is 1. The van der Waals surface area contributed by atoms with E-state index in [0.29, 0.717) is 69.5 Å². The molecule has 0 radical (unpaired) electrons. The number of β-amino-alcohol motifs (C(OH)–C–C–N with tert-alkyl or cyclic N) is 1.